The molecule has 2 unspecified atom stereocenters. The lowest BCUT2D eigenvalue weighted by molar-refractivity contribution is 0.114. The zero-order valence-electron chi connectivity index (χ0n) is 7.71. The summed E-state index contributed by atoms with van der Waals surface area (Å²) in [5.41, 5.74) is 0. The first-order chi connectivity index (χ1) is 5.77. The first-order valence-electron chi connectivity index (χ1n) is 4.65. The molecule has 1 rings (SSSR count). The second-order valence-corrected chi connectivity index (χ2v) is 3.14. The van der Waals surface area contributed by atoms with Crippen LogP contribution in [-0.2, 0) is 9.47 Å². The van der Waals surface area contributed by atoms with Gasteiger partial charge in [-0.2, -0.15) is 0 Å². The zero-order valence-corrected chi connectivity index (χ0v) is 7.71. The predicted molar refractivity (Wildman–Crippen MR) is 45.0 cm³/mol. The van der Waals surface area contributed by atoms with Crippen molar-refractivity contribution in [3.8, 4) is 0 Å². The van der Waals surface area contributed by atoms with Crippen molar-refractivity contribution in [2.45, 2.75) is 51.7 Å². The second kappa shape index (κ2) is 4.33. The Labute approximate surface area is 73.0 Å². The average molecular weight is 172 g/mol. The number of hydrogen-bond acceptors (Lipinski definition) is 3. The van der Waals surface area contributed by atoms with E-state index in [4.69, 9.17) is 9.47 Å². The van der Waals surface area contributed by atoms with E-state index in [0.717, 1.165) is 25.7 Å². The van der Waals surface area contributed by atoms with Gasteiger partial charge in [-0.1, -0.05) is 26.7 Å². The van der Waals surface area contributed by atoms with Crippen LogP contribution in [0.4, 0.5) is 4.79 Å². The maximum absolute atomic E-state index is 10.8. The Morgan fingerprint density at radius 1 is 1.08 bits per heavy atom. The molecule has 3 nitrogen and oxygen atoms in total. The molecule has 70 valence electrons. The number of carbonyl (C=O) groups is 1. The highest BCUT2D eigenvalue weighted by Gasteiger charge is 2.34. The number of ether oxygens (including phenoxy) is 2. The van der Waals surface area contributed by atoms with Gasteiger partial charge < -0.3 is 9.47 Å². The Morgan fingerprint density at radius 3 is 1.83 bits per heavy atom. The molecule has 0 amide bonds. The van der Waals surface area contributed by atoms with Crippen molar-refractivity contribution in [3.05, 3.63) is 0 Å². The number of cyclic esters (lactones) is 2. The van der Waals surface area contributed by atoms with Crippen LogP contribution in [0, 0.1) is 0 Å². The number of rotatable bonds is 4. The highest BCUT2D eigenvalue weighted by molar-refractivity contribution is 5.62. The van der Waals surface area contributed by atoms with Gasteiger partial charge in [0.15, 0.2) is 0 Å². The molecule has 12 heavy (non-hydrogen) atoms. The molecule has 0 radical (unpaired) electrons. The van der Waals surface area contributed by atoms with Crippen molar-refractivity contribution in [2.75, 3.05) is 0 Å². The zero-order chi connectivity index (χ0) is 8.97. The van der Waals surface area contributed by atoms with E-state index in [2.05, 4.69) is 13.8 Å². The molecule has 1 heterocycles. The lowest BCUT2D eigenvalue weighted by atomic mass is 10.1. The summed E-state index contributed by atoms with van der Waals surface area (Å²) in [6.07, 6.45) is 3.40. The summed E-state index contributed by atoms with van der Waals surface area (Å²) in [6, 6.07) is 0. The third-order valence-corrected chi connectivity index (χ3v) is 2.06. The largest absolute Gasteiger partial charge is 0.509 e. The Morgan fingerprint density at radius 2 is 1.50 bits per heavy atom. The van der Waals surface area contributed by atoms with E-state index in [1.807, 2.05) is 0 Å². The molecule has 0 aromatic carbocycles. The molecule has 0 aromatic heterocycles. The lowest BCUT2D eigenvalue weighted by Gasteiger charge is -2.12. The van der Waals surface area contributed by atoms with Gasteiger partial charge in [-0.15, -0.1) is 0 Å². The van der Waals surface area contributed by atoms with Crippen LogP contribution in [0.1, 0.15) is 39.5 Å². The molecule has 0 aromatic rings. The van der Waals surface area contributed by atoms with Crippen molar-refractivity contribution in [2.24, 2.45) is 0 Å². The van der Waals surface area contributed by atoms with Crippen molar-refractivity contribution in [3.63, 3.8) is 0 Å². The molecule has 1 saturated heterocycles. The van der Waals surface area contributed by atoms with Gasteiger partial charge in [0.2, 0.25) is 0 Å². The Balaban J connectivity index is 2.41. The molecular weight excluding hydrogens is 156 g/mol. The fourth-order valence-corrected chi connectivity index (χ4v) is 1.49. The Hall–Kier alpha value is -0.730. The van der Waals surface area contributed by atoms with E-state index in [1.54, 1.807) is 0 Å². The minimum atomic E-state index is -0.494. The van der Waals surface area contributed by atoms with Crippen molar-refractivity contribution >= 4 is 6.16 Å². The summed E-state index contributed by atoms with van der Waals surface area (Å²) in [4.78, 5) is 10.8. The summed E-state index contributed by atoms with van der Waals surface area (Å²) in [6.45, 7) is 4.16. The van der Waals surface area contributed by atoms with Crippen molar-refractivity contribution < 1.29 is 14.3 Å². The smallest absolute Gasteiger partial charge is 0.427 e. The highest BCUT2D eigenvalue weighted by Crippen LogP contribution is 2.22. The standard InChI is InChI=1S/C9H16O3/c1-3-5-7-8(6-4-2)12-9(10)11-7/h7-8H,3-6H2,1-2H3. The minimum absolute atomic E-state index is 0.00227. The molecule has 0 spiro atoms. The third-order valence-electron chi connectivity index (χ3n) is 2.06. The van der Waals surface area contributed by atoms with E-state index in [-0.39, 0.29) is 12.2 Å². The van der Waals surface area contributed by atoms with Gasteiger partial charge in [-0.05, 0) is 12.8 Å². The van der Waals surface area contributed by atoms with Crippen LogP contribution >= 0.6 is 0 Å². The first-order valence-corrected chi connectivity index (χ1v) is 4.65. The number of carbonyl (C=O) groups excluding carboxylic acids is 1. The maximum atomic E-state index is 10.8. The first kappa shape index (κ1) is 9.36. The van der Waals surface area contributed by atoms with Crippen LogP contribution in [-0.4, -0.2) is 18.4 Å². The van der Waals surface area contributed by atoms with E-state index < -0.39 is 6.16 Å². The van der Waals surface area contributed by atoms with Gasteiger partial charge in [0.25, 0.3) is 0 Å². The maximum Gasteiger partial charge on any atom is 0.509 e. The van der Waals surface area contributed by atoms with Crippen LogP contribution in [0.15, 0.2) is 0 Å². The molecule has 0 bridgehead atoms. The minimum Gasteiger partial charge on any atom is -0.427 e. The van der Waals surface area contributed by atoms with Crippen LogP contribution in [0.5, 0.6) is 0 Å². The van der Waals surface area contributed by atoms with Gasteiger partial charge in [0, 0.05) is 0 Å². The van der Waals surface area contributed by atoms with Crippen LogP contribution < -0.4 is 0 Å². The molecule has 2 atom stereocenters. The third kappa shape index (κ3) is 2.13. The summed E-state index contributed by atoms with van der Waals surface area (Å²) in [5.74, 6) is 0. The predicted octanol–water partition coefficient (Wildman–Crippen LogP) is 2.49. The van der Waals surface area contributed by atoms with Gasteiger partial charge in [-0.3, -0.25) is 0 Å². The number of hydrogen-bond donors (Lipinski definition) is 0. The van der Waals surface area contributed by atoms with Gasteiger partial charge in [0.1, 0.15) is 12.2 Å². The monoisotopic (exact) mass is 172 g/mol. The normalized spacial score (nSPS) is 28.3. The van der Waals surface area contributed by atoms with Gasteiger partial charge >= 0.3 is 6.16 Å². The molecule has 1 aliphatic rings. The van der Waals surface area contributed by atoms with E-state index >= 15 is 0 Å². The lowest BCUT2D eigenvalue weighted by Crippen LogP contribution is -2.21. The van der Waals surface area contributed by atoms with Crippen LogP contribution in [0.25, 0.3) is 0 Å². The van der Waals surface area contributed by atoms with Crippen molar-refractivity contribution in [1.82, 2.24) is 0 Å². The van der Waals surface area contributed by atoms with E-state index in [0.29, 0.717) is 0 Å². The topological polar surface area (TPSA) is 35.5 Å². The van der Waals surface area contributed by atoms with E-state index in [1.165, 1.54) is 0 Å². The summed E-state index contributed by atoms with van der Waals surface area (Å²) in [7, 11) is 0. The average Bonchev–Trinajstić information content (AvgIpc) is 2.33. The molecule has 0 saturated carbocycles. The molecule has 3 heteroatoms. The van der Waals surface area contributed by atoms with Crippen LogP contribution in [0.3, 0.4) is 0 Å². The molecule has 0 N–H and O–H groups in total. The van der Waals surface area contributed by atoms with Gasteiger partial charge in [-0.25, -0.2) is 4.79 Å². The van der Waals surface area contributed by atoms with Crippen LogP contribution in [0.2, 0.25) is 0 Å². The summed E-state index contributed by atoms with van der Waals surface area (Å²) < 4.78 is 10.0. The van der Waals surface area contributed by atoms with E-state index in [9.17, 15) is 4.79 Å². The molecule has 1 aliphatic heterocycles. The Bertz CT molecular complexity index is 140. The quantitative estimate of drug-likeness (QED) is 0.611. The highest BCUT2D eigenvalue weighted by atomic mass is 16.8. The van der Waals surface area contributed by atoms with Gasteiger partial charge in [0.05, 0.1) is 0 Å². The Kier molecular flexibility index (Phi) is 3.38. The summed E-state index contributed by atoms with van der Waals surface area (Å²) in [5, 5.41) is 0. The molecule has 1 fully saturated rings. The summed E-state index contributed by atoms with van der Waals surface area (Å²) >= 11 is 0. The fraction of sp³-hybridized carbons (Fsp3) is 0.889. The van der Waals surface area contributed by atoms with Crippen molar-refractivity contribution in [1.29, 1.82) is 0 Å². The fourth-order valence-electron chi connectivity index (χ4n) is 1.49. The molecule has 0 aliphatic carbocycles. The SMILES string of the molecule is CCCC1OC(=O)OC1CCC. The second-order valence-electron chi connectivity index (χ2n) is 3.14. The molecular formula is C9H16O3.